The first kappa shape index (κ1) is 14.3. The number of piperidine rings is 1. The lowest BCUT2D eigenvalue weighted by Crippen LogP contribution is -2.34. The predicted molar refractivity (Wildman–Crippen MR) is 79.3 cm³/mol. The van der Waals surface area contributed by atoms with Gasteiger partial charge >= 0.3 is 0 Å². The number of rotatable bonds is 6. The smallest absolute Gasteiger partial charge is 0.147 e. The second-order valence-corrected chi connectivity index (χ2v) is 5.37. The molecule has 0 aromatic carbocycles. The SMILES string of the molecule is CCCC1CCN(c2cnc(CNCC)cn2)CC1. The number of anilines is 1. The molecule has 2 heterocycles. The first-order valence-corrected chi connectivity index (χ1v) is 7.60. The fourth-order valence-corrected chi connectivity index (χ4v) is 2.71. The fraction of sp³-hybridized carbons (Fsp3) is 0.733. The van der Waals surface area contributed by atoms with E-state index in [9.17, 15) is 0 Å². The Morgan fingerprint density at radius 1 is 1.21 bits per heavy atom. The van der Waals surface area contributed by atoms with Crippen molar-refractivity contribution in [1.82, 2.24) is 15.3 Å². The Labute approximate surface area is 116 Å². The van der Waals surface area contributed by atoms with Crippen LogP contribution in [0.3, 0.4) is 0 Å². The number of aromatic nitrogens is 2. The highest BCUT2D eigenvalue weighted by molar-refractivity contribution is 5.36. The maximum Gasteiger partial charge on any atom is 0.147 e. The van der Waals surface area contributed by atoms with Crippen LogP contribution in [0.2, 0.25) is 0 Å². The Bertz CT molecular complexity index is 355. The predicted octanol–water partition coefficient (Wildman–Crippen LogP) is 2.60. The monoisotopic (exact) mass is 262 g/mol. The van der Waals surface area contributed by atoms with Gasteiger partial charge in [-0.25, -0.2) is 4.98 Å². The van der Waals surface area contributed by atoms with Crippen molar-refractivity contribution >= 4 is 5.82 Å². The molecule has 1 saturated heterocycles. The van der Waals surface area contributed by atoms with Crippen LogP contribution in [0.25, 0.3) is 0 Å². The van der Waals surface area contributed by atoms with Gasteiger partial charge in [0, 0.05) is 19.6 Å². The molecule has 0 bridgehead atoms. The second-order valence-electron chi connectivity index (χ2n) is 5.37. The molecule has 2 rings (SSSR count). The highest BCUT2D eigenvalue weighted by atomic mass is 15.2. The summed E-state index contributed by atoms with van der Waals surface area (Å²) >= 11 is 0. The van der Waals surface area contributed by atoms with E-state index in [2.05, 4.69) is 34.0 Å². The number of hydrogen-bond acceptors (Lipinski definition) is 4. The van der Waals surface area contributed by atoms with Crippen molar-refractivity contribution in [1.29, 1.82) is 0 Å². The van der Waals surface area contributed by atoms with E-state index >= 15 is 0 Å². The van der Waals surface area contributed by atoms with Crippen LogP contribution in [0, 0.1) is 5.92 Å². The minimum Gasteiger partial charge on any atom is -0.355 e. The third kappa shape index (κ3) is 4.16. The lowest BCUT2D eigenvalue weighted by Gasteiger charge is -2.32. The summed E-state index contributed by atoms with van der Waals surface area (Å²) in [7, 11) is 0. The maximum atomic E-state index is 4.55. The average molecular weight is 262 g/mol. The summed E-state index contributed by atoms with van der Waals surface area (Å²) < 4.78 is 0. The summed E-state index contributed by atoms with van der Waals surface area (Å²) in [5.74, 6) is 1.96. The minimum atomic E-state index is 0.808. The molecule has 0 radical (unpaired) electrons. The summed E-state index contributed by atoms with van der Waals surface area (Å²) in [6, 6.07) is 0. The quantitative estimate of drug-likeness (QED) is 0.855. The van der Waals surface area contributed by atoms with Crippen LogP contribution < -0.4 is 10.2 Å². The van der Waals surface area contributed by atoms with Crippen molar-refractivity contribution in [2.75, 3.05) is 24.5 Å². The minimum absolute atomic E-state index is 0.808. The van der Waals surface area contributed by atoms with Gasteiger partial charge in [0.05, 0.1) is 18.1 Å². The van der Waals surface area contributed by atoms with Crippen molar-refractivity contribution < 1.29 is 0 Å². The van der Waals surface area contributed by atoms with E-state index in [1.165, 1.54) is 25.7 Å². The van der Waals surface area contributed by atoms with Gasteiger partial charge in [-0.2, -0.15) is 0 Å². The fourth-order valence-electron chi connectivity index (χ4n) is 2.71. The maximum absolute atomic E-state index is 4.55. The van der Waals surface area contributed by atoms with Gasteiger partial charge in [0.25, 0.3) is 0 Å². The standard InChI is InChI=1S/C15H26N4/c1-3-5-13-6-8-19(9-7-13)15-12-17-14(11-18-15)10-16-4-2/h11-13,16H,3-10H2,1-2H3. The van der Waals surface area contributed by atoms with Gasteiger partial charge < -0.3 is 10.2 Å². The molecule has 1 aliphatic rings. The molecule has 0 aliphatic carbocycles. The normalized spacial score (nSPS) is 16.8. The van der Waals surface area contributed by atoms with Crippen LogP contribution in [0.5, 0.6) is 0 Å². The summed E-state index contributed by atoms with van der Waals surface area (Å²) in [4.78, 5) is 11.4. The Morgan fingerprint density at radius 2 is 2.00 bits per heavy atom. The molecular weight excluding hydrogens is 236 g/mol. The molecule has 106 valence electrons. The Kier molecular flexibility index (Phi) is 5.58. The molecule has 0 atom stereocenters. The van der Waals surface area contributed by atoms with Crippen molar-refractivity contribution in [3.63, 3.8) is 0 Å². The molecule has 1 aromatic rings. The van der Waals surface area contributed by atoms with Gasteiger partial charge in [-0.1, -0.05) is 26.7 Å². The molecule has 0 amide bonds. The molecular formula is C15H26N4. The Balaban J connectivity index is 1.85. The van der Waals surface area contributed by atoms with Crippen LogP contribution in [-0.2, 0) is 6.54 Å². The molecule has 1 aromatic heterocycles. The van der Waals surface area contributed by atoms with E-state index in [0.717, 1.165) is 43.6 Å². The Morgan fingerprint density at radius 3 is 2.58 bits per heavy atom. The number of nitrogens with zero attached hydrogens (tertiary/aromatic N) is 3. The average Bonchev–Trinajstić information content (AvgIpc) is 2.47. The largest absolute Gasteiger partial charge is 0.355 e. The molecule has 4 heteroatoms. The Hall–Kier alpha value is -1.16. The van der Waals surface area contributed by atoms with Crippen LogP contribution >= 0.6 is 0 Å². The third-order valence-corrected chi connectivity index (χ3v) is 3.88. The summed E-state index contributed by atoms with van der Waals surface area (Å²) in [5, 5.41) is 3.27. The van der Waals surface area contributed by atoms with Crippen molar-refractivity contribution in [2.24, 2.45) is 5.92 Å². The summed E-state index contributed by atoms with van der Waals surface area (Å²) in [6.45, 7) is 8.41. The summed E-state index contributed by atoms with van der Waals surface area (Å²) in [6.07, 6.45) is 9.11. The van der Waals surface area contributed by atoms with Gasteiger partial charge in [0.15, 0.2) is 0 Å². The lowest BCUT2D eigenvalue weighted by molar-refractivity contribution is 0.377. The zero-order chi connectivity index (χ0) is 13.5. The van der Waals surface area contributed by atoms with Crippen LogP contribution in [0.1, 0.15) is 45.2 Å². The first-order valence-electron chi connectivity index (χ1n) is 7.60. The van der Waals surface area contributed by atoms with E-state index in [4.69, 9.17) is 0 Å². The molecule has 0 spiro atoms. The van der Waals surface area contributed by atoms with Gasteiger partial charge in [-0.3, -0.25) is 4.98 Å². The van der Waals surface area contributed by atoms with Crippen molar-refractivity contribution in [3.8, 4) is 0 Å². The van der Waals surface area contributed by atoms with E-state index in [-0.39, 0.29) is 0 Å². The highest BCUT2D eigenvalue weighted by Crippen LogP contribution is 2.24. The van der Waals surface area contributed by atoms with Crippen LogP contribution in [-0.4, -0.2) is 29.6 Å². The molecule has 19 heavy (non-hydrogen) atoms. The van der Waals surface area contributed by atoms with Crippen molar-refractivity contribution in [2.45, 2.75) is 46.1 Å². The molecule has 1 fully saturated rings. The first-order chi connectivity index (χ1) is 9.33. The van der Waals surface area contributed by atoms with E-state index in [1.807, 2.05) is 12.4 Å². The summed E-state index contributed by atoms with van der Waals surface area (Å²) in [5.41, 5.74) is 1.02. The number of nitrogens with one attached hydrogen (secondary N) is 1. The van der Waals surface area contributed by atoms with E-state index in [0.29, 0.717) is 0 Å². The molecule has 0 unspecified atom stereocenters. The van der Waals surface area contributed by atoms with Gasteiger partial charge in [-0.15, -0.1) is 0 Å². The topological polar surface area (TPSA) is 41.1 Å². The van der Waals surface area contributed by atoms with Crippen LogP contribution in [0.4, 0.5) is 5.82 Å². The van der Waals surface area contributed by atoms with E-state index in [1.54, 1.807) is 0 Å². The van der Waals surface area contributed by atoms with Gasteiger partial charge in [-0.05, 0) is 25.3 Å². The van der Waals surface area contributed by atoms with Crippen molar-refractivity contribution in [3.05, 3.63) is 18.1 Å². The van der Waals surface area contributed by atoms with Gasteiger partial charge in [0.1, 0.15) is 5.82 Å². The van der Waals surface area contributed by atoms with Gasteiger partial charge in [0.2, 0.25) is 0 Å². The molecule has 4 nitrogen and oxygen atoms in total. The third-order valence-electron chi connectivity index (χ3n) is 3.88. The second kappa shape index (κ2) is 7.43. The van der Waals surface area contributed by atoms with E-state index < -0.39 is 0 Å². The van der Waals surface area contributed by atoms with Crippen LogP contribution in [0.15, 0.2) is 12.4 Å². The number of hydrogen-bond donors (Lipinski definition) is 1. The lowest BCUT2D eigenvalue weighted by atomic mass is 9.92. The molecule has 0 saturated carbocycles. The molecule has 1 N–H and O–H groups in total. The zero-order valence-electron chi connectivity index (χ0n) is 12.2. The molecule has 1 aliphatic heterocycles. The zero-order valence-corrected chi connectivity index (χ0v) is 12.2. The highest BCUT2D eigenvalue weighted by Gasteiger charge is 2.19.